The summed E-state index contributed by atoms with van der Waals surface area (Å²) in [6.07, 6.45) is 0. The predicted octanol–water partition coefficient (Wildman–Crippen LogP) is 4.21. The number of sulfonamides is 1. The van der Waals surface area contributed by atoms with Gasteiger partial charge in [-0.05, 0) is 18.2 Å². The van der Waals surface area contributed by atoms with Crippen LogP contribution in [0.15, 0.2) is 39.7 Å². The van der Waals surface area contributed by atoms with Gasteiger partial charge in [-0.2, -0.15) is 8.78 Å². The Bertz CT molecular complexity index is 987. The molecule has 0 amide bonds. The van der Waals surface area contributed by atoms with E-state index in [9.17, 15) is 27.1 Å². The van der Waals surface area contributed by atoms with Gasteiger partial charge in [0.25, 0.3) is 10.0 Å². The molecule has 146 valence electrons. The lowest BCUT2D eigenvalue weighted by atomic mass is 10.1. The zero-order valence-electron chi connectivity index (χ0n) is 13.4. The van der Waals surface area contributed by atoms with E-state index in [0.29, 0.717) is 4.47 Å². The van der Waals surface area contributed by atoms with E-state index in [0.717, 1.165) is 19.2 Å². The molecular weight excluding hydrogens is 476 g/mol. The first-order chi connectivity index (χ1) is 12.5. The molecule has 27 heavy (non-hydrogen) atoms. The highest BCUT2D eigenvalue weighted by molar-refractivity contribution is 9.10. The number of hydrogen-bond donors (Lipinski definition) is 2. The topological polar surface area (TPSA) is 102 Å². The number of hydrogen-bond acceptors (Lipinski definition) is 5. The molecule has 0 fully saturated rings. The summed E-state index contributed by atoms with van der Waals surface area (Å²) in [5.74, 6) is -2.43. The Balaban J connectivity index is 2.55. The minimum absolute atomic E-state index is 0.113. The number of anilines is 1. The van der Waals surface area contributed by atoms with Crippen molar-refractivity contribution in [3.05, 3.63) is 45.4 Å². The second-order valence-electron chi connectivity index (χ2n) is 4.91. The quantitative estimate of drug-likeness (QED) is 0.608. The predicted molar refractivity (Wildman–Crippen MR) is 96.5 cm³/mol. The van der Waals surface area contributed by atoms with Crippen LogP contribution in [0.1, 0.15) is 10.4 Å². The molecule has 0 radical (unpaired) electrons. The number of carboxylic acids is 1. The molecule has 0 saturated carbocycles. The zero-order chi connectivity index (χ0) is 20.4. The van der Waals surface area contributed by atoms with Crippen LogP contribution in [0.2, 0.25) is 5.02 Å². The van der Waals surface area contributed by atoms with E-state index in [1.54, 1.807) is 0 Å². The average Bonchev–Trinajstić information content (AvgIpc) is 2.54. The number of aromatic carboxylic acids is 1. The summed E-state index contributed by atoms with van der Waals surface area (Å²) in [4.78, 5) is 11.1. The van der Waals surface area contributed by atoms with E-state index in [-0.39, 0.29) is 15.7 Å². The number of nitrogens with one attached hydrogen (secondary N) is 1. The Morgan fingerprint density at radius 3 is 2.44 bits per heavy atom. The van der Waals surface area contributed by atoms with E-state index in [1.807, 2.05) is 0 Å². The first-order valence-corrected chi connectivity index (χ1v) is 9.58. The third-order valence-electron chi connectivity index (χ3n) is 3.18. The standard InChI is InChI=1S/C15H11BrClF2NO6S/c1-25-11-6-10(8(14(21)22)5-12(11)26-15(18)19)20-27(23,24)13-3-2-7(16)4-9(13)17/h2-6,15,20H,1H3,(H,21,22). The highest BCUT2D eigenvalue weighted by atomic mass is 79.9. The van der Waals surface area contributed by atoms with Gasteiger partial charge in [0.1, 0.15) is 4.90 Å². The fourth-order valence-corrected chi connectivity index (χ4v) is 4.17. The van der Waals surface area contributed by atoms with Gasteiger partial charge in [-0.15, -0.1) is 0 Å². The summed E-state index contributed by atoms with van der Waals surface area (Å²) in [6.45, 7) is -3.23. The number of benzene rings is 2. The number of ether oxygens (including phenoxy) is 2. The Morgan fingerprint density at radius 1 is 1.26 bits per heavy atom. The molecule has 2 N–H and O–H groups in total. The molecular formula is C15H11BrClF2NO6S. The normalized spacial score (nSPS) is 11.3. The Labute approximate surface area is 166 Å². The Hall–Kier alpha value is -2.11. The van der Waals surface area contributed by atoms with Crippen molar-refractivity contribution >= 4 is 49.2 Å². The largest absolute Gasteiger partial charge is 0.493 e. The lowest BCUT2D eigenvalue weighted by Crippen LogP contribution is -2.16. The number of methoxy groups -OCH3 is 1. The summed E-state index contributed by atoms with van der Waals surface area (Å²) in [7, 11) is -3.17. The van der Waals surface area contributed by atoms with E-state index < -0.39 is 39.6 Å². The summed E-state index contributed by atoms with van der Waals surface area (Å²) in [5.41, 5.74) is -1.04. The maximum atomic E-state index is 12.6. The summed E-state index contributed by atoms with van der Waals surface area (Å²) in [5, 5.41) is 9.18. The van der Waals surface area contributed by atoms with Crippen molar-refractivity contribution in [2.75, 3.05) is 11.8 Å². The van der Waals surface area contributed by atoms with E-state index >= 15 is 0 Å². The van der Waals surface area contributed by atoms with Gasteiger partial charge in [0.2, 0.25) is 0 Å². The third kappa shape index (κ3) is 4.99. The molecule has 0 unspecified atom stereocenters. The highest BCUT2D eigenvalue weighted by Crippen LogP contribution is 2.36. The SMILES string of the molecule is COc1cc(NS(=O)(=O)c2ccc(Br)cc2Cl)c(C(=O)O)cc1OC(F)F. The van der Waals surface area contributed by atoms with Crippen LogP contribution in [0, 0.1) is 0 Å². The first-order valence-electron chi connectivity index (χ1n) is 6.93. The van der Waals surface area contributed by atoms with Crippen LogP contribution >= 0.6 is 27.5 Å². The molecule has 0 bridgehead atoms. The lowest BCUT2D eigenvalue weighted by molar-refractivity contribution is -0.0512. The van der Waals surface area contributed by atoms with Crippen molar-refractivity contribution in [2.24, 2.45) is 0 Å². The lowest BCUT2D eigenvalue weighted by Gasteiger charge is -2.16. The van der Waals surface area contributed by atoms with Gasteiger partial charge >= 0.3 is 12.6 Å². The van der Waals surface area contributed by atoms with Crippen molar-refractivity contribution in [3.63, 3.8) is 0 Å². The molecule has 0 atom stereocenters. The second kappa shape index (κ2) is 8.28. The van der Waals surface area contributed by atoms with Crippen LogP contribution in [0.25, 0.3) is 0 Å². The summed E-state index contributed by atoms with van der Waals surface area (Å²) >= 11 is 9.07. The number of halogens is 4. The maximum Gasteiger partial charge on any atom is 0.387 e. The van der Waals surface area contributed by atoms with Crippen LogP contribution in [-0.2, 0) is 10.0 Å². The zero-order valence-corrected chi connectivity index (χ0v) is 16.5. The molecule has 2 aromatic carbocycles. The van der Waals surface area contributed by atoms with Gasteiger partial charge in [-0.1, -0.05) is 27.5 Å². The van der Waals surface area contributed by atoms with Crippen molar-refractivity contribution in [1.82, 2.24) is 0 Å². The highest BCUT2D eigenvalue weighted by Gasteiger charge is 2.24. The summed E-state index contributed by atoms with van der Waals surface area (Å²) < 4.78 is 61.8. The average molecular weight is 487 g/mol. The maximum absolute atomic E-state index is 12.6. The molecule has 0 aliphatic carbocycles. The van der Waals surface area contributed by atoms with Crippen molar-refractivity contribution < 1.29 is 36.6 Å². The molecule has 0 spiro atoms. The van der Waals surface area contributed by atoms with Crippen LogP contribution < -0.4 is 14.2 Å². The van der Waals surface area contributed by atoms with Crippen LogP contribution in [0.5, 0.6) is 11.5 Å². The van der Waals surface area contributed by atoms with Crippen molar-refractivity contribution in [3.8, 4) is 11.5 Å². The molecule has 7 nitrogen and oxygen atoms in total. The van der Waals surface area contributed by atoms with Gasteiger partial charge in [0.05, 0.1) is 23.4 Å². The monoisotopic (exact) mass is 485 g/mol. The van der Waals surface area contributed by atoms with E-state index in [1.165, 1.54) is 18.2 Å². The van der Waals surface area contributed by atoms with E-state index in [2.05, 4.69) is 25.4 Å². The third-order valence-corrected chi connectivity index (χ3v) is 5.52. The van der Waals surface area contributed by atoms with Crippen molar-refractivity contribution in [2.45, 2.75) is 11.5 Å². The number of carbonyl (C=O) groups is 1. The Kier molecular flexibility index (Phi) is 6.50. The molecule has 0 heterocycles. The fourth-order valence-electron chi connectivity index (χ4n) is 2.06. The molecule has 12 heteroatoms. The minimum Gasteiger partial charge on any atom is -0.493 e. The Morgan fingerprint density at radius 2 is 1.93 bits per heavy atom. The first kappa shape index (κ1) is 21.2. The van der Waals surface area contributed by atoms with Gasteiger partial charge in [-0.3, -0.25) is 4.72 Å². The van der Waals surface area contributed by atoms with Gasteiger partial charge < -0.3 is 14.6 Å². The summed E-state index contributed by atoms with van der Waals surface area (Å²) in [6, 6.07) is 5.63. The molecule has 0 aliphatic heterocycles. The fraction of sp³-hybridized carbons (Fsp3) is 0.133. The van der Waals surface area contributed by atoms with Gasteiger partial charge in [-0.25, -0.2) is 13.2 Å². The van der Waals surface area contributed by atoms with Gasteiger partial charge in [0, 0.05) is 16.6 Å². The second-order valence-corrected chi connectivity index (χ2v) is 7.89. The molecule has 0 aliphatic rings. The van der Waals surface area contributed by atoms with Crippen LogP contribution in [0.3, 0.4) is 0 Å². The number of carboxylic acid groups (broad SMARTS) is 1. The molecule has 0 saturated heterocycles. The molecule has 2 rings (SSSR count). The molecule has 0 aromatic heterocycles. The van der Waals surface area contributed by atoms with E-state index in [4.69, 9.17) is 16.3 Å². The number of rotatable bonds is 7. The minimum atomic E-state index is -4.29. The van der Waals surface area contributed by atoms with Crippen LogP contribution in [-0.4, -0.2) is 33.2 Å². The van der Waals surface area contributed by atoms with Gasteiger partial charge in [0.15, 0.2) is 11.5 Å². The van der Waals surface area contributed by atoms with Crippen LogP contribution in [0.4, 0.5) is 14.5 Å². The molecule has 2 aromatic rings. The number of alkyl halides is 2. The van der Waals surface area contributed by atoms with Crippen molar-refractivity contribution in [1.29, 1.82) is 0 Å². The smallest absolute Gasteiger partial charge is 0.387 e.